The highest BCUT2D eigenvalue weighted by Gasteiger charge is 2.32. The van der Waals surface area contributed by atoms with Crippen molar-refractivity contribution < 1.29 is 58.9 Å². The summed E-state index contributed by atoms with van der Waals surface area (Å²) in [5.74, 6) is -17.0. The van der Waals surface area contributed by atoms with Crippen LogP contribution in [0.1, 0.15) is 38.3 Å². The van der Waals surface area contributed by atoms with Crippen LogP contribution >= 0.6 is 0 Å². The first-order valence-corrected chi connectivity index (χ1v) is 15.1. The van der Waals surface area contributed by atoms with E-state index in [1.54, 1.807) is 48.7 Å². The monoisotopic (exact) mass is 660 g/mol. The van der Waals surface area contributed by atoms with E-state index in [4.69, 9.17) is 4.74 Å². The summed E-state index contributed by atoms with van der Waals surface area (Å²) in [6.07, 6.45) is -0.106. The summed E-state index contributed by atoms with van der Waals surface area (Å²) in [6, 6.07) is 13.6. The number of hydrogen-bond donors (Lipinski definition) is 2. The van der Waals surface area contributed by atoms with Crippen molar-refractivity contribution in [1.29, 1.82) is 0 Å². The van der Waals surface area contributed by atoms with Crippen molar-refractivity contribution in [3.63, 3.8) is 0 Å². The van der Waals surface area contributed by atoms with Crippen LogP contribution in [0.25, 0.3) is 32.9 Å². The zero-order valence-electron chi connectivity index (χ0n) is 24.0. The number of ether oxygens (including phenoxy) is 1. The van der Waals surface area contributed by atoms with Crippen molar-refractivity contribution in [3.8, 4) is 16.9 Å². The Balaban J connectivity index is 1.82. The van der Waals surface area contributed by atoms with Crippen LogP contribution in [0.3, 0.4) is 0 Å². The highest BCUT2D eigenvalue weighted by Crippen LogP contribution is 2.36. The van der Waals surface area contributed by atoms with Gasteiger partial charge in [0.05, 0.1) is 33.2 Å². The maximum Gasteiger partial charge on any atom is 0.344 e. The van der Waals surface area contributed by atoms with Crippen molar-refractivity contribution in [2.45, 2.75) is 26.8 Å². The van der Waals surface area contributed by atoms with E-state index in [9.17, 15) is 49.6 Å². The highest BCUT2D eigenvalue weighted by atomic mass is 32.2. The lowest BCUT2D eigenvalue weighted by atomic mass is 9.91. The molecule has 0 saturated carbocycles. The fourth-order valence-electron chi connectivity index (χ4n) is 5.39. The molecule has 0 amide bonds. The largest absolute Gasteiger partial charge is 0.478 e. The predicted octanol–water partition coefficient (Wildman–Crippen LogP) is 6.46. The normalized spacial score (nSPS) is 11.7. The topological polar surface area (TPSA) is 122 Å². The molecule has 2 N–H and O–H groups in total. The van der Waals surface area contributed by atoms with Gasteiger partial charge in [0, 0.05) is 18.1 Å². The lowest BCUT2D eigenvalue weighted by Crippen LogP contribution is -2.38. The first kappa shape index (κ1) is 32.4. The average molecular weight is 661 g/mol. The Kier molecular flexibility index (Phi) is 8.53. The standard InChI is InChI=1S/C32H22F5NO7S/c1-15-8-9-19-22(14-15)38(10-5-11-46(42,43)44)29-20(12-16(2)13-21(29)23(19)31(39)40)17-6-3-4-7-18(17)32(41)45-30-27(36)25(34)24(33)26(35)28(30)37/h3-4,6-9,12-14H,5,10-11H2,1-2H3,(H-,39,40,42,43,44)/p+1. The second kappa shape index (κ2) is 12.1. The summed E-state index contributed by atoms with van der Waals surface area (Å²) in [7, 11) is -4.37. The molecule has 0 fully saturated rings. The molecule has 8 nitrogen and oxygen atoms in total. The quantitative estimate of drug-likeness (QED) is 0.0287. The second-order valence-electron chi connectivity index (χ2n) is 10.5. The molecule has 0 unspecified atom stereocenters. The number of fused-ring (bicyclic) bond motifs is 2. The molecule has 1 heterocycles. The summed E-state index contributed by atoms with van der Waals surface area (Å²) < 4.78 is 109. The molecule has 46 heavy (non-hydrogen) atoms. The summed E-state index contributed by atoms with van der Waals surface area (Å²) in [4.78, 5) is 26.0. The maximum absolute atomic E-state index is 14.4. The Morgan fingerprint density at radius 1 is 0.804 bits per heavy atom. The van der Waals surface area contributed by atoms with Crippen molar-refractivity contribution in [3.05, 3.63) is 106 Å². The number of pyridine rings is 1. The summed E-state index contributed by atoms with van der Waals surface area (Å²) in [5.41, 5.74) is 1.61. The molecular formula is C32H23F5NO7S+. The highest BCUT2D eigenvalue weighted by molar-refractivity contribution is 7.85. The lowest BCUT2D eigenvalue weighted by Gasteiger charge is -2.16. The van der Waals surface area contributed by atoms with Crippen LogP contribution in [-0.2, 0) is 16.7 Å². The van der Waals surface area contributed by atoms with Crippen LogP contribution in [0.5, 0.6) is 5.75 Å². The van der Waals surface area contributed by atoms with Gasteiger partial charge < -0.3 is 9.84 Å². The minimum absolute atomic E-state index is 0.0388. The third kappa shape index (κ3) is 5.88. The third-order valence-corrected chi connectivity index (χ3v) is 8.11. The first-order valence-electron chi connectivity index (χ1n) is 13.5. The molecule has 0 aliphatic rings. The Morgan fingerprint density at radius 2 is 1.43 bits per heavy atom. The molecule has 0 radical (unpaired) electrons. The minimum Gasteiger partial charge on any atom is -0.478 e. The Labute approximate surface area is 258 Å². The van der Waals surface area contributed by atoms with Gasteiger partial charge in [0.15, 0.2) is 6.54 Å². The zero-order valence-corrected chi connectivity index (χ0v) is 24.8. The number of aromatic carboxylic acids is 1. The van der Waals surface area contributed by atoms with Gasteiger partial charge in [0.25, 0.3) is 10.1 Å². The molecule has 0 aliphatic heterocycles. The number of nitrogens with zero attached hydrogens (tertiary/aromatic N) is 1. The molecule has 5 rings (SSSR count). The summed E-state index contributed by atoms with van der Waals surface area (Å²) in [6.45, 7) is 3.35. The van der Waals surface area contributed by atoms with Gasteiger partial charge in [-0.2, -0.15) is 21.8 Å². The molecule has 0 spiro atoms. The summed E-state index contributed by atoms with van der Waals surface area (Å²) >= 11 is 0. The fraction of sp³-hybridized carbons (Fsp3) is 0.156. The number of benzene rings is 4. The van der Waals surface area contributed by atoms with Gasteiger partial charge in [0.1, 0.15) is 0 Å². The molecule has 5 aromatic rings. The Hall–Kier alpha value is -4.95. The van der Waals surface area contributed by atoms with Gasteiger partial charge in [0.2, 0.25) is 45.9 Å². The number of esters is 1. The van der Waals surface area contributed by atoms with Crippen molar-refractivity contribution in [2.24, 2.45) is 0 Å². The zero-order chi connectivity index (χ0) is 33.7. The van der Waals surface area contributed by atoms with Crippen LogP contribution in [0.15, 0.2) is 54.6 Å². The molecule has 0 atom stereocenters. The van der Waals surface area contributed by atoms with Gasteiger partial charge in [-0.3, -0.25) is 4.55 Å². The molecule has 14 heteroatoms. The number of carboxylic acid groups (broad SMARTS) is 1. The minimum atomic E-state index is -4.37. The van der Waals surface area contributed by atoms with E-state index < -0.39 is 62.6 Å². The van der Waals surface area contributed by atoms with E-state index in [1.807, 2.05) is 0 Å². The van der Waals surface area contributed by atoms with E-state index in [0.717, 1.165) is 5.56 Å². The van der Waals surface area contributed by atoms with Gasteiger partial charge in [-0.15, -0.1) is 0 Å². The number of carbonyl (C=O) groups excluding carboxylic acids is 1. The Bertz CT molecular complexity index is 2190. The van der Waals surface area contributed by atoms with Crippen molar-refractivity contribution in [2.75, 3.05) is 5.75 Å². The smallest absolute Gasteiger partial charge is 0.344 e. The van der Waals surface area contributed by atoms with Crippen LogP contribution in [0.2, 0.25) is 0 Å². The number of aryl methyl sites for hydroxylation is 3. The van der Waals surface area contributed by atoms with Gasteiger partial charge in [-0.25, -0.2) is 22.8 Å². The molecule has 0 saturated heterocycles. The SMILES string of the molecule is Cc1cc(-c2ccccc2C(=O)Oc2c(F)c(F)c(F)c(F)c2F)c2c(c1)c(C(=O)O)c1ccc(C)cc1[n+]2CCCS(=O)(=O)O. The average Bonchev–Trinajstić information content (AvgIpc) is 2.99. The lowest BCUT2D eigenvalue weighted by molar-refractivity contribution is -0.644. The van der Waals surface area contributed by atoms with E-state index in [1.165, 1.54) is 24.3 Å². The molecule has 0 bridgehead atoms. The maximum atomic E-state index is 14.4. The van der Waals surface area contributed by atoms with Crippen molar-refractivity contribution >= 4 is 43.9 Å². The summed E-state index contributed by atoms with van der Waals surface area (Å²) in [5, 5.41) is 10.8. The number of carbonyl (C=O) groups is 2. The molecular weight excluding hydrogens is 637 g/mol. The van der Waals surface area contributed by atoms with Gasteiger partial charge >= 0.3 is 11.9 Å². The molecule has 0 aliphatic carbocycles. The van der Waals surface area contributed by atoms with E-state index in [-0.39, 0.29) is 46.1 Å². The number of hydrogen-bond acceptors (Lipinski definition) is 5. The molecule has 1 aromatic heterocycles. The number of carboxylic acids is 1. The van der Waals surface area contributed by atoms with Crippen LogP contribution in [0, 0.1) is 42.9 Å². The number of aromatic nitrogens is 1. The predicted molar refractivity (Wildman–Crippen MR) is 156 cm³/mol. The number of rotatable bonds is 8. The van der Waals surface area contributed by atoms with E-state index in [2.05, 4.69) is 0 Å². The van der Waals surface area contributed by atoms with E-state index >= 15 is 0 Å². The van der Waals surface area contributed by atoms with Crippen LogP contribution in [-0.4, -0.2) is 35.8 Å². The van der Waals surface area contributed by atoms with E-state index in [0.29, 0.717) is 16.5 Å². The Morgan fingerprint density at radius 3 is 2.07 bits per heavy atom. The first-order chi connectivity index (χ1) is 21.6. The second-order valence-corrected chi connectivity index (χ2v) is 12.1. The molecule has 4 aromatic carbocycles. The molecule has 238 valence electrons. The number of halogens is 5. The van der Waals surface area contributed by atoms with Crippen molar-refractivity contribution in [1.82, 2.24) is 0 Å². The van der Waals surface area contributed by atoms with Crippen LogP contribution < -0.4 is 9.30 Å². The van der Waals surface area contributed by atoms with Gasteiger partial charge in [-0.1, -0.05) is 24.3 Å². The fourth-order valence-corrected chi connectivity index (χ4v) is 5.89. The van der Waals surface area contributed by atoms with Crippen LogP contribution in [0.4, 0.5) is 22.0 Å². The third-order valence-electron chi connectivity index (χ3n) is 7.31. The van der Waals surface area contributed by atoms with Gasteiger partial charge in [-0.05, 0) is 49.2 Å².